The predicted octanol–water partition coefficient (Wildman–Crippen LogP) is 1.62. The molecule has 1 saturated carbocycles. The molecule has 68 valence electrons. The SMILES string of the molecule is Nc1ccc(C=O)cc1OC1CC1. The summed E-state index contributed by atoms with van der Waals surface area (Å²) in [5.74, 6) is 0.632. The molecule has 0 radical (unpaired) electrons. The maximum absolute atomic E-state index is 10.5. The van der Waals surface area contributed by atoms with E-state index in [1.165, 1.54) is 0 Å². The molecule has 1 aromatic rings. The van der Waals surface area contributed by atoms with Crippen molar-refractivity contribution in [3.8, 4) is 5.75 Å². The number of aldehydes is 1. The monoisotopic (exact) mass is 177 g/mol. The molecule has 1 aliphatic carbocycles. The van der Waals surface area contributed by atoms with Crippen molar-refractivity contribution in [2.45, 2.75) is 18.9 Å². The summed E-state index contributed by atoms with van der Waals surface area (Å²) >= 11 is 0. The van der Waals surface area contributed by atoms with E-state index in [0.29, 0.717) is 23.1 Å². The van der Waals surface area contributed by atoms with Crippen LogP contribution < -0.4 is 10.5 Å². The molecule has 0 bridgehead atoms. The summed E-state index contributed by atoms with van der Waals surface area (Å²) in [6.45, 7) is 0. The summed E-state index contributed by atoms with van der Waals surface area (Å²) in [7, 11) is 0. The molecule has 0 aliphatic heterocycles. The fourth-order valence-electron chi connectivity index (χ4n) is 1.09. The molecule has 3 heteroatoms. The molecule has 0 unspecified atom stereocenters. The molecule has 0 heterocycles. The fraction of sp³-hybridized carbons (Fsp3) is 0.300. The van der Waals surface area contributed by atoms with Crippen LogP contribution in [0.3, 0.4) is 0 Å². The lowest BCUT2D eigenvalue weighted by molar-refractivity contribution is 0.112. The highest BCUT2D eigenvalue weighted by Crippen LogP contribution is 2.30. The first-order valence-electron chi connectivity index (χ1n) is 4.31. The first-order valence-corrected chi connectivity index (χ1v) is 4.31. The van der Waals surface area contributed by atoms with Crippen LogP contribution in [0.25, 0.3) is 0 Å². The maximum atomic E-state index is 10.5. The van der Waals surface area contributed by atoms with Crippen molar-refractivity contribution in [1.82, 2.24) is 0 Å². The van der Waals surface area contributed by atoms with Gasteiger partial charge >= 0.3 is 0 Å². The predicted molar refractivity (Wildman–Crippen MR) is 49.9 cm³/mol. The van der Waals surface area contributed by atoms with Crippen LogP contribution in [0.4, 0.5) is 5.69 Å². The van der Waals surface area contributed by atoms with Gasteiger partial charge in [-0.15, -0.1) is 0 Å². The minimum absolute atomic E-state index is 0.309. The van der Waals surface area contributed by atoms with E-state index in [-0.39, 0.29) is 0 Å². The van der Waals surface area contributed by atoms with Gasteiger partial charge in [-0.1, -0.05) is 0 Å². The average Bonchev–Trinajstić information content (AvgIpc) is 2.93. The molecule has 0 spiro atoms. The van der Waals surface area contributed by atoms with Gasteiger partial charge in [-0.25, -0.2) is 0 Å². The van der Waals surface area contributed by atoms with Gasteiger partial charge in [0, 0.05) is 5.56 Å². The highest BCUT2D eigenvalue weighted by molar-refractivity contribution is 5.77. The molecule has 0 saturated heterocycles. The lowest BCUT2D eigenvalue weighted by Crippen LogP contribution is -2.00. The Kier molecular flexibility index (Phi) is 1.93. The second kappa shape index (κ2) is 3.09. The van der Waals surface area contributed by atoms with Gasteiger partial charge in [0.1, 0.15) is 12.0 Å². The Balaban J connectivity index is 2.24. The van der Waals surface area contributed by atoms with E-state index >= 15 is 0 Å². The average molecular weight is 177 g/mol. The zero-order chi connectivity index (χ0) is 9.26. The second-order valence-electron chi connectivity index (χ2n) is 3.23. The van der Waals surface area contributed by atoms with Crippen molar-refractivity contribution >= 4 is 12.0 Å². The molecule has 1 aromatic carbocycles. The lowest BCUT2D eigenvalue weighted by atomic mass is 10.2. The molecule has 2 N–H and O–H groups in total. The zero-order valence-electron chi connectivity index (χ0n) is 7.19. The smallest absolute Gasteiger partial charge is 0.150 e. The van der Waals surface area contributed by atoms with Crippen molar-refractivity contribution in [2.75, 3.05) is 5.73 Å². The Bertz CT molecular complexity index is 332. The molecule has 1 aliphatic rings. The standard InChI is InChI=1S/C10H11NO2/c11-9-4-1-7(6-12)5-10(9)13-8-2-3-8/h1,4-6,8H,2-3,11H2. The van der Waals surface area contributed by atoms with Crippen LogP contribution in [0.5, 0.6) is 5.75 Å². The highest BCUT2D eigenvalue weighted by atomic mass is 16.5. The fourth-order valence-corrected chi connectivity index (χ4v) is 1.09. The van der Waals surface area contributed by atoms with Crippen LogP contribution in [-0.2, 0) is 0 Å². The van der Waals surface area contributed by atoms with Crippen LogP contribution in [-0.4, -0.2) is 12.4 Å². The van der Waals surface area contributed by atoms with E-state index in [9.17, 15) is 4.79 Å². The van der Waals surface area contributed by atoms with Crippen molar-refractivity contribution in [2.24, 2.45) is 0 Å². The Morgan fingerprint density at radius 1 is 1.46 bits per heavy atom. The number of rotatable bonds is 3. The van der Waals surface area contributed by atoms with Crippen molar-refractivity contribution in [3.63, 3.8) is 0 Å². The largest absolute Gasteiger partial charge is 0.488 e. The van der Waals surface area contributed by atoms with Crippen LogP contribution >= 0.6 is 0 Å². The third-order valence-corrected chi connectivity index (χ3v) is 1.99. The Hall–Kier alpha value is -1.51. The van der Waals surface area contributed by atoms with Crippen LogP contribution in [0.2, 0.25) is 0 Å². The molecule has 2 rings (SSSR count). The highest BCUT2D eigenvalue weighted by Gasteiger charge is 2.24. The van der Waals surface area contributed by atoms with Gasteiger partial charge in [0.15, 0.2) is 0 Å². The van der Waals surface area contributed by atoms with Gasteiger partial charge in [0.25, 0.3) is 0 Å². The first kappa shape index (κ1) is 8.10. The summed E-state index contributed by atoms with van der Waals surface area (Å²) in [5.41, 5.74) is 6.88. The van der Waals surface area contributed by atoms with Crippen molar-refractivity contribution in [1.29, 1.82) is 0 Å². The van der Waals surface area contributed by atoms with Gasteiger partial charge in [-0.2, -0.15) is 0 Å². The Morgan fingerprint density at radius 2 is 2.23 bits per heavy atom. The van der Waals surface area contributed by atoms with Crippen LogP contribution in [0.15, 0.2) is 18.2 Å². The Labute approximate surface area is 76.5 Å². The van der Waals surface area contributed by atoms with E-state index in [0.717, 1.165) is 19.1 Å². The summed E-state index contributed by atoms with van der Waals surface area (Å²) in [5, 5.41) is 0. The number of carbonyl (C=O) groups excluding carboxylic acids is 1. The van der Waals surface area contributed by atoms with Gasteiger partial charge < -0.3 is 10.5 Å². The van der Waals surface area contributed by atoms with E-state index in [1.807, 2.05) is 0 Å². The number of nitrogen functional groups attached to an aromatic ring is 1. The molecule has 13 heavy (non-hydrogen) atoms. The zero-order valence-corrected chi connectivity index (χ0v) is 7.19. The first-order chi connectivity index (χ1) is 6.29. The number of ether oxygens (including phenoxy) is 1. The number of carbonyl (C=O) groups is 1. The number of anilines is 1. The third-order valence-electron chi connectivity index (χ3n) is 1.99. The summed E-state index contributed by atoms with van der Waals surface area (Å²) in [4.78, 5) is 10.5. The van der Waals surface area contributed by atoms with Gasteiger partial charge in [0.05, 0.1) is 11.8 Å². The second-order valence-corrected chi connectivity index (χ2v) is 3.23. The lowest BCUT2D eigenvalue weighted by Gasteiger charge is -2.07. The molecular weight excluding hydrogens is 166 g/mol. The number of nitrogens with two attached hydrogens (primary N) is 1. The number of hydrogen-bond donors (Lipinski definition) is 1. The molecule has 0 atom stereocenters. The maximum Gasteiger partial charge on any atom is 0.150 e. The minimum Gasteiger partial charge on any atom is -0.488 e. The minimum atomic E-state index is 0.309. The van der Waals surface area contributed by atoms with Gasteiger partial charge in [-0.05, 0) is 31.0 Å². The van der Waals surface area contributed by atoms with Crippen LogP contribution in [0.1, 0.15) is 23.2 Å². The third kappa shape index (κ3) is 1.80. The summed E-state index contributed by atoms with van der Waals surface area (Å²) in [6, 6.07) is 5.06. The molecule has 0 aromatic heterocycles. The summed E-state index contributed by atoms with van der Waals surface area (Å²) < 4.78 is 5.51. The molecule has 3 nitrogen and oxygen atoms in total. The van der Waals surface area contributed by atoms with E-state index in [4.69, 9.17) is 10.5 Å². The van der Waals surface area contributed by atoms with Crippen LogP contribution in [0, 0.1) is 0 Å². The summed E-state index contributed by atoms with van der Waals surface area (Å²) in [6.07, 6.45) is 3.28. The van der Waals surface area contributed by atoms with Crippen molar-refractivity contribution < 1.29 is 9.53 Å². The molecule has 1 fully saturated rings. The topological polar surface area (TPSA) is 52.3 Å². The Morgan fingerprint density at radius 3 is 2.85 bits per heavy atom. The molecule has 0 amide bonds. The normalized spacial score (nSPS) is 15.4. The number of hydrogen-bond acceptors (Lipinski definition) is 3. The van der Waals surface area contributed by atoms with Gasteiger partial charge in [-0.3, -0.25) is 4.79 Å². The van der Waals surface area contributed by atoms with E-state index in [2.05, 4.69) is 0 Å². The van der Waals surface area contributed by atoms with Gasteiger partial charge in [0.2, 0.25) is 0 Å². The number of benzene rings is 1. The molecular formula is C10H11NO2. The van der Waals surface area contributed by atoms with E-state index < -0.39 is 0 Å². The van der Waals surface area contributed by atoms with E-state index in [1.54, 1.807) is 18.2 Å². The quantitative estimate of drug-likeness (QED) is 0.563. The van der Waals surface area contributed by atoms with Crippen molar-refractivity contribution in [3.05, 3.63) is 23.8 Å².